The molecule has 0 fully saturated rings. The lowest BCUT2D eigenvalue weighted by atomic mass is 10.1. The van der Waals surface area contributed by atoms with Crippen molar-refractivity contribution in [2.24, 2.45) is 5.92 Å². The van der Waals surface area contributed by atoms with Gasteiger partial charge in [-0.05, 0) is 61.2 Å². The van der Waals surface area contributed by atoms with Crippen molar-refractivity contribution in [2.45, 2.75) is 40.3 Å². The third-order valence-electron chi connectivity index (χ3n) is 5.45. The summed E-state index contributed by atoms with van der Waals surface area (Å²) >= 11 is 3.41. The van der Waals surface area contributed by atoms with Crippen LogP contribution in [0.25, 0.3) is 0 Å². The smallest absolute Gasteiger partial charge is 0.244 e. The monoisotopic (exact) mass is 567 g/mol. The zero-order valence-corrected chi connectivity index (χ0v) is 23.4. The first kappa shape index (κ1) is 28.6. The van der Waals surface area contributed by atoms with Crippen LogP contribution in [-0.4, -0.2) is 57.6 Å². The van der Waals surface area contributed by atoms with E-state index in [0.29, 0.717) is 18.0 Å². The highest BCUT2D eigenvalue weighted by Crippen LogP contribution is 2.25. The summed E-state index contributed by atoms with van der Waals surface area (Å²) in [7, 11) is -2.23. The molecule has 0 aliphatic rings. The van der Waals surface area contributed by atoms with Gasteiger partial charge in [-0.3, -0.25) is 13.9 Å². The molecular formula is C25H34BrN3O5S. The van der Waals surface area contributed by atoms with Crippen molar-refractivity contribution in [3.63, 3.8) is 0 Å². The van der Waals surface area contributed by atoms with Crippen LogP contribution in [0.2, 0.25) is 0 Å². The Morgan fingerprint density at radius 1 is 1.11 bits per heavy atom. The molecule has 10 heteroatoms. The lowest BCUT2D eigenvalue weighted by Crippen LogP contribution is -2.51. The van der Waals surface area contributed by atoms with Crippen molar-refractivity contribution in [3.05, 3.63) is 58.1 Å². The molecule has 2 aromatic rings. The second-order valence-electron chi connectivity index (χ2n) is 8.89. The molecule has 0 aliphatic heterocycles. The van der Waals surface area contributed by atoms with E-state index in [1.54, 1.807) is 50.4 Å². The van der Waals surface area contributed by atoms with Gasteiger partial charge in [0.1, 0.15) is 18.3 Å². The lowest BCUT2D eigenvalue weighted by Gasteiger charge is -2.31. The highest BCUT2D eigenvalue weighted by atomic mass is 79.9. The Hall–Kier alpha value is -2.59. The fraction of sp³-hybridized carbons (Fsp3) is 0.440. The van der Waals surface area contributed by atoms with Gasteiger partial charge >= 0.3 is 0 Å². The molecule has 0 aliphatic carbocycles. The first-order valence-corrected chi connectivity index (χ1v) is 13.9. The van der Waals surface area contributed by atoms with Gasteiger partial charge in [-0.1, -0.05) is 41.9 Å². The quantitative estimate of drug-likeness (QED) is 0.446. The van der Waals surface area contributed by atoms with Crippen LogP contribution < -0.4 is 14.4 Å². The maximum atomic E-state index is 13.6. The van der Waals surface area contributed by atoms with Crippen molar-refractivity contribution in [1.82, 2.24) is 10.2 Å². The zero-order chi connectivity index (χ0) is 26.3. The Kier molecular flexibility index (Phi) is 10.1. The molecule has 0 saturated carbocycles. The molecular weight excluding hydrogens is 534 g/mol. The molecule has 1 N–H and O–H groups in total. The molecule has 35 heavy (non-hydrogen) atoms. The minimum absolute atomic E-state index is 0.114. The summed E-state index contributed by atoms with van der Waals surface area (Å²) in [6, 6.07) is 11.5. The SMILES string of the molecule is COc1cccc(CN(C(=O)CN(c2ccc(Br)c(C)c2)S(C)(=O)=O)[C@H](C)C(=O)NCC(C)C)c1. The molecule has 2 aromatic carbocycles. The Morgan fingerprint density at radius 3 is 2.37 bits per heavy atom. The number of nitrogens with one attached hydrogen (secondary N) is 1. The minimum Gasteiger partial charge on any atom is -0.497 e. The summed E-state index contributed by atoms with van der Waals surface area (Å²) in [5.74, 6) is 0.0660. The molecule has 1 atom stereocenters. The van der Waals surface area contributed by atoms with E-state index in [0.717, 1.165) is 26.2 Å². The molecule has 0 unspecified atom stereocenters. The first-order chi connectivity index (χ1) is 16.3. The summed E-state index contributed by atoms with van der Waals surface area (Å²) in [6.07, 6.45) is 1.06. The number of carbonyl (C=O) groups excluding carboxylic acids is 2. The summed E-state index contributed by atoms with van der Waals surface area (Å²) < 4.78 is 32.5. The number of rotatable bonds is 11. The fourth-order valence-corrected chi connectivity index (χ4v) is 4.49. The van der Waals surface area contributed by atoms with E-state index in [4.69, 9.17) is 4.74 Å². The predicted molar refractivity (Wildman–Crippen MR) is 142 cm³/mol. The first-order valence-electron chi connectivity index (χ1n) is 11.3. The Morgan fingerprint density at radius 2 is 1.80 bits per heavy atom. The van der Waals surface area contributed by atoms with E-state index in [-0.39, 0.29) is 18.4 Å². The van der Waals surface area contributed by atoms with Crippen LogP contribution in [0.1, 0.15) is 31.9 Å². The van der Waals surface area contributed by atoms with Crippen LogP contribution in [0, 0.1) is 12.8 Å². The maximum Gasteiger partial charge on any atom is 0.244 e. The van der Waals surface area contributed by atoms with Gasteiger partial charge in [0.25, 0.3) is 0 Å². The number of amides is 2. The number of hydrogen-bond acceptors (Lipinski definition) is 5. The van der Waals surface area contributed by atoms with Crippen LogP contribution in [0.4, 0.5) is 5.69 Å². The Labute approximate surface area is 216 Å². The summed E-state index contributed by atoms with van der Waals surface area (Å²) in [6.45, 7) is 7.59. The molecule has 8 nitrogen and oxygen atoms in total. The van der Waals surface area contributed by atoms with Crippen LogP contribution in [-0.2, 0) is 26.2 Å². The highest BCUT2D eigenvalue weighted by molar-refractivity contribution is 9.10. The van der Waals surface area contributed by atoms with E-state index < -0.39 is 28.5 Å². The summed E-state index contributed by atoms with van der Waals surface area (Å²) in [4.78, 5) is 27.8. The molecule has 0 heterocycles. The Balaban J connectivity index is 2.40. The largest absolute Gasteiger partial charge is 0.497 e. The van der Waals surface area contributed by atoms with E-state index in [9.17, 15) is 18.0 Å². The topological polar surface area (TPSA) is 96.0 Å². The van der Waals surface area contributed by atoms with Gasteiger partial charge in [-0.25, -0.2) is 8.42 Å². The van der Waals surface area contributed by atoms with Crippen molar-refractivity contribution in [3.8, 4) is 5.75 Å². The van der Waals surface area contributed by atoms with Crippen LogP contribution in [0.5, 0.6) is 5.75 Å². The second-order valence-corrected chi connectivity index (χ2v) is 11.7. The maximum absolute atomic E-state index is 13.6. The number of aryl methyl sites for hydroxylation is 1. The fourth-order valence-electron chi connectivity index (χ4n) is 3.40. The molecule has 0 aromatic heterocycles. The molecule has 0 saturated heterocycles. The molecule has 2 amide bonds. The van der Waals surface area contributed by atoms with Crippen LogP contribution >= 0.6 is 15.9 Å². The van der Waals surface area contributed by atoms with Crippen molar-refractivity contribution in [2.75, 3.05) is 30.8 Å². The zero-order valence-electron chi connectivity index (χ0n) is 21.0. The third kappa shape index (κ3) is 8.24. The normalized spacial score (nSPS) is 12.2. The number of sulfonamides is 1. The van der Waals surface area contributed by atoms with E-state index in [1.807, 2.05) is 26.8 Å². The average molecular weight is 569 g/mol. The van der Waals surface area contributed by atoms with Gasteiger partial charge in [0, 0.05) is 17.6 Å². The number of anilines is 1. The van der Waals surface area contributed by atoms with Gasteiger partial charge in [-0.2, -0.15) is 0 Å². The van der Waals surface area contributed by atoms with Gasteiger partial charge in [-0.15, -0.1) is 0 Å². The van der Waals surface area contributed by atoms with E-state index in [2.05, 4.69) is 21.2 Å². The lowest BCUT2D eigenvalue weighted by molar-refractivity contribution is -0.139. The van der Waals surface area contributed by atoms with Crippen molar-refractivity contribution >= 4 is 43.5 Å². The molecule has 0 bridgehead atoms. The standard InChI is InChI=1S/C25H34BrN3O5S/c1-17(2)14-27-25(31)19(4)28(15-20-8-7-9-22(13-20)34-5)24(30)16-29(35(6,32)33)21-10-11-23(26)18(3)12-21/h7-13,17,19H,14-16H2,1-6H3,(H,27,31)/t19-/m1/s1. The third-order valence-corrected chi connectivity index (χ3v) is 7.48. The second kappa shape index (κ2) is 12.4. The van der Waals surface area contributed by atoms with Crippen LogP contribution in [0.15, 0.2) is 46.9 Å². The number of nitrogens with zero attached hydrogens (tertiary/aromatic N) is 2. The van der Waals surface area contributed by atoms with Gasteiger partial charge in [0.2, 0.25) is 21.8 Å². The minimum atomic E-state index is -3.78. The molecule has 0 radical (unpaired) electrons. The number of benzene rings is 2. The van der Waals surface area contributed by atoms with Gasteiger partial charge in [0.05, 0.1) is 19.1 Å². The van der Waals surface area contributed by atoms with Crippen molar-refractivity contribution < 1.29 is 22.7 Å². The van der Waals surface area contributed by atoms with Crippen LogP contribution in [0.3, 0.4) is 0 Å². The Bertz CT molecular complexity index is 1150. The van der Waals surface area contributed by atoms with Gasteiger partial charge in [0.15, 0.2) is 0 Å². The molecule has 2 rings (SSSR count). The highest BCUT2D eigenvalue weighted by Gasteiger charge is 2.30. The van der Waals surface area contributed by atoms with Crippen molar-refractivity contribution in [1.29, 1.82) is 0 Å². The average Bonchev–Trinajstić information content (AvgIpc) is 2.80. The summed E-state index contributed by atoms with van der Waals surface area (Å²) in [5.41, 5.74) is 1.96. The predicted octanol–water partition coefficient (Wildman–Crippen LogP) is 3.72. The van der Waals surface area contributed by atoms with E-state index >= 15 is 0 Å². The van der Waals surface area contributed by atoms with E-state index in [1.165, 1.54) is 4.90 Å². The summed E-state index contributed by atoms with van der Waals surface area (Å²) in [5, 5.41) is 2.86. The molecule has 192 valence electrons. The molecule has 0 spiro atoms. The number of carbonyl (C=O) groups is 2. The number of halogens is 1. The number of methoxy groups -OCH3 is 1. The number of hydrogen-bond donors (Lipinski definition) is 1. The van der Waals surface area contributed by atoms with Gasteiger partial charge < -0.3 is 15.0 Å². The number of ether oxygens (including phenoxy) is 1.